The second-order valence-corrected chi connectivity index (χ2v) is 6.46. The number of thioether (sulfide) groups is 1. The minimum Gasteiger partial charge on any atom is -0.497 e. The quantitative estimate of drug-likeness (QED) is 0.651. The van der Waals surface area contributed by atoms with E-state index in [0.29, 0.717) is 12.6 Å². The van der Waals surface area contributed by atoms with Crippen LogP contribution in [0, 0.1) is 5.92 Å². The molecule has 4 heteroatoms. The summed E-state index contributed by atoms with van der Waals surface area (Å²) in [5.41, 5.74) is 1.37. The van der Waals surface area contributed by atoms with Gasteiger partial charge in [0.25, 0.3) is 0 Å². The molecule has 112 valence electrons. The van der Waals surface area contributed by atoms with Crippen LogP contribution < -0.4 is 10.1 Å². The summed E-state index contributed by atoms with van der Waals surface area (Å²) in [7, 11) is 1.70. The highest BCUT2D eigenvalue weighted by Gasteiger charge is 2.31. The lowest BCUT2D eigenvalue weighted by atomic mass is 10.0. The minimum absolute atomic E-state index is 0.303. The molecule has 0 bridgehead atoms. The van der Waals surface area contributed by atoms with Crippen LogP contribution in [0.1, 0.15) is 30.9 Å². The van der Waals surface area contributed by atoms with E-state index in [9.17, 15) is 0 Å². The van der Waals surface area contributed by atoms with E-state index < -0.39 is 0 Å². The molecule has 0 radical (unpaired) electrons. The zero-order valence-electron chi connectivity index (χ0n) is 12.2. The van der Waals surface area contributed by atoms with Gasteiger partial charge >= 0.3 is 0 Å². The van der Waals surface area contributed by atoms with Gasteiger partial charge in [0.15, 0.2) is 0 Å². The van der Waals surface area contributed by atoms with E-state index in [0.717, 1.165) is 36.1 Å². The summed E-state index contributed by atoms with van der Waals surface area (Å²) in [6.07, 6.45) is 3.57. The molecular formula is C16H25NO2S. The maximum absolute atomic E-state index is 8.74. The SMILES string of the molecule is COc1ccc(C(NCCSCCCO)C2CC2)cc1. The van der Waals surface area contributed by atoms with Gasteiger partial charge in [-0.25, -0.2) is 0 Å². The Morgan fingerprint density at radius 2 is 2.05 bits per heavy atom. The average molecular weight is 295 g/mol. The molecule has 0 heterocycles. The fraction of sp³-hybridized carbons (Fsp3) is 0.625. The lowest BCUT2D eigenvalue weighted by Gasteiger charge is -2.19. The smallest absolute Gasteiger partial charge is 0.118 e. The van der Waals surface area contributed by atoms with E-state index in [1.54, 1.807) is 7.11 Å². The van der Waals surface area contributed by atoms with Crippen LogP contribution >= 0.6 is 11.8 Å². The largest absolute Gasteiger partial charge is 0.497 e. The van der Waals surface area contributed by atoms with Crippen molar-refractivity contribution in [3.63, 3.8) is 0 Å². The zero-order chi connectivity index (χ0) is 14.2. The first-order valence-corrected chi connectivity index (χ1v) is 8.56. The van der Waals surface area contributed by atoms with Crippen molar-refractivity contribution in [2.24, 2.45) is 5.92 Å². The summed E-state index contributed by atoms with van der Waals surface area (Å²) in [6, 6.07) is 8.92. The Labute approximate surface area is 126 Å². The highest BCUT2D eigenvalue weighted by molar-refractivity contribution is 7.99. The highest BCUT2D eigenvalue weighted by Crippen LogP contribution is 2.41. The Morgan fingerprint density at radius 1 is 1.30 bits per heavy atom. The summed E-state index contributed by atoms with van der Waals surface area (Å²) in [5.74, 6) is 3.88. The number of aliphatic hydroxyl groups excluding tert-OH is 1. The first-order chi connectivity index (χ1) is 9.85. The molecule has 1 fully saturated rings. The summed E-state index contributed by atoms with van der Waals surface area (Å²) in [6.45, 7) is 1.33. The van der Waals surface area contributed by atoms with Crippen LogP contribution in [0.2, 0.25) is 0 Å². The van der Waals surface area contributed by atoms with E-state index in [-0.39, 0.29) is 0 Å². The summed E-state index contributed by atoms with van der Waals surface area (Å²) >= 11 is 1.91. The van der Waals surface area contributed by atoms with Crippen LogP contribution in [-0.2, 0) is 0 Å². The van der Waals surface area contributed by atoms with Crippen LogP contribution in [0.4, 0.5) is 0 Å². The third-order valence-corrected chi connectivity index (χ3v) is 4.70. The molecule has 1 aliphatic carbocycles. The Kier molecular flexibility index (Phi) is 6.70. The van der Waals surface area contributed by atoms with Gasteiger partial charge in [-0.1, -0.05) is 12.1 Å². The second kappa shape index (κ2) is 8.55. The number of benzene rings is 1. The normalized spacial score (nSPS) is 16.1. The Balaban J connectivity index is 1.78. The second-order valence-electron chi connectivity index (χ2n) is 5.23. The third-order valence-electron chi connectivity index (χ3n) is 3.63. The Bertz CT molecular complexity index is 379. The van der Waals surface area contributed by atoms with Crippen LogP contribution in [-0.4, -0.2) is 36.9 Å². The van der Waals surface area contributed by atoms with Crippen LogP contribution in [0.5, 0.6) is 5.75 Å². The van der Waals surface area contributed by atoms with Gasteiger partial charge in [0, 0.05) is 24.9 Å². The monoisotopic (exact) mass is 295 g/mol. The van der Waals surface area contributed by atoms with Gasteiger partial charge in [0.05, 0.1) is 7.11 Å². The zero-order valence-corrected chi connectivity index (χ0v) is 13.0. The molecule has 0 aromatic heterocycles. The van der Waals surface area contributed by atoms with Crippen LogP contribution in [0.25, 0.3) is 0 Å². The van der Waals surface area contributed by atoms with Gasteiger partial charge in [-0.05, 0) is 48.6 Å². The lowest BCUT2D eigenvalue weighted by molar-refractivity contribution is 0.296. The molecule has 1 unspecified atom stereocenters. The molecule has 2 rings (SSSR count). The fourth-order valence-electron chi connectivity index (χ4n) is 2.35. The molecule has 1 aromatic rings. The number of ether oxygens (including phenoxy) is 1. The number of rotatable bonds is 10. The summed E-state index contributed by atoms with van der Waals surface area (Å²) in [4.78, 5) is 0. The van der Waals surface area contributed by atoms with Crippen molar-refractivity contribution < 1.29 is 9.84 Å². The van der Waals surface area contributed by atoms with Crippen molar-refractivity contribution in [1.82, 2.24) is 5.32 Å². The summed E-state index contributed by atoms with van der Waals surface area (Å²) in [5, 5.41) is 12.4. The molecule has 1 atom stereocenters. The number of aliphatic hydroxyl groups is 1. The van der Waals surface area contributed by atoms with E-state index in [1.165, 1.54) is 18.4 Å². The van der Waals surface area contributed by atoms with Crippen molar-refractivity contribution in [3.05, 3.63) is 29.8 Å². The maximum atomic E-state index is 8.74. The Morgan fingerprint density at radius 3 is 2.65 bits per heavy atom. The third kappa shape index (κ3) is 5.00. The van der Waals surface area contributed by atoms with Crippen molar-refractivity contribution in [2.75, 3.05) is 31.8 Å². The van der Waals surface area contributed by atoms with Gasteiger partial charge in [-0.15, -0.1) is 0 Å². The molecule has 0 aliphatic heterocycles. The van der Waals surface area contributed by atoms with E-state index >= 15 is 0 Å². The van der Waals surface area contributed by atoms with Crippen molar-refractivity contribution in [2.45, 2.75) is 25.3 Å². The standard InChI is InChI=1S/C16H25NO2S/c1-19-15-7-5-14(6-8-15)16(13-3-4-13)17-9-12-20-11-2-10-18/h5-8,13,16-18H,2-4,9-12H2,1H3. The van der Waals surface area contributed by atoms with Crippen LogP contribution in [0.3, 0.4) is 0 Å². The molecule has 1 aliphatic rings. The number of hydrogen-bond donors (Lipinski definition) is 2. The van der Waals surface area contributed by atoms with Gasteiger partial charge in [-0.2, -0.15) is 11.8 Å². The molecule has 0 spiro atoms. The first kappa shape index (κ1) is 15.7. The number of nitrogens with one attached hydrogen (secondary N) is 1. The van der Waals surface area contributed by atoms with Crippen molar-refractivity contribution >= 4 is 11.8 Å². The van der Waals surface area contributed by atoms with Gasteiger partial charge in [0.1, 0.15) is 5.75 Å². The van der Waals surface area contributed by atoms with Crippen molar-refractivity contribution in [3.8, 4) is 5.75 Å². The average Bonchev–Trinajstić information content (AvgIpc) is 3.31. The molecule has 1 saturated carbocycles. The molecular weight excluding hydrogens is 270 g/mol. The lowest BCUT2D eigenvalue weighted by Crippen LogP contribution is -2.25. The predicted octanol–water partition coefficient (Wildman–Crippen LogP) is 2.85. The predicted molar refractivity (Wildman–Crippen MR) is 85.5 cm³/mol. The van der Waals surface area contributed by atoms with E-state index in [4.69, 9.17) is 9.84 Å². The maximum Gasteiger partial charge on any atom is 0.118 e. The number of methoxy groups -OCH3 is 1. The van der Waals surface area contributed by atoms with E-state index in [2.05, 4.69) is 17.4 Å². The molecule has 1 aromatic carbocycles. The van der Waals surface area contributed by atoms with Gasteiger partial charge < -0.3 is 15.2 Å². The molecule has 3 nitrogen and oxygen atoms in total. The molecule has 20 heavy (non-hydrogen) atoms. The molecule has 2 N–H and O–H groups in total. The van der Waals surface area contributed by atoms with Gasteiger partial charge in [0.2, 0.25) is 0 Å². The number of hydrogen-bond acceptors (Lipinski definition) is 4. The fourth-order valence-corrected chi connectivity index (χ4v) is 3.15. The first-order valence-electron chi connectivity index (χ1n) is 7.41. The topological polar surface area (TPSA) is 41.5 Å². The summed E-state index contributed by atoms with van der Waals surface area (Å²) < 4.78 is 5.22. The Hall–Kier alpha value is -0.710. The highest BCUT2D eigenvalue weighted by atomic mass is 32.2. The van der Waals surface area contributed by atoms with E-state index in [1.807, 2.05) is 23.9 Å². The molecule has 0 amide bonds. The minimum atomic E-state index is 0.303. The molecule has 0 saturated heterocycles. The van der Waals surface area contributed by atoms with Crippen LogP contribution in [0.15, 0.2) is 24.3 Å². The van der Waals surface area contributed by atoms with Gasteiger partial charge in [-0.3, -0.25) is 0 Å². The van der Waals surface area contributed by atoms with Crippen molar-refractivity contribution in [1.29, 1.82) is 0 Å².